The van der Waals surface area contributed by atoms with Gasteiger partial charge in [-0.1, -0.05) is 23.2 Å². The van der Waals surface area contributed by atoms with Crippen LogP contribution in [0.1, 0.15) is 5.56 Å². The third-order valence-electron chi connectivity index (χ3n) is 6.04. The summed E-state index contributed by atoms with van der Waals surface area (Å²) in [6.07, 6.45) is 4.45. The SMILES string of the molecule is COc1cc(N(C)CCN(C)C)c(C=CC(N)=O)cc1Nc1ncc(Cl)c(-n2nc(OC)c3cc(Cl)ccc32)n1. The molecule has 0 unspecified atom stereocenters. The van der Waals surface area contributed by atoms with Crippen LogP contribution in [-0.2, 0) is 4.79 Å². The van der Waals surface area contributed by atoms with Gasteiger partial charge in [-0.2, -0.15) is 4.98 Å². The van der Waals surface area contributed by atoms with Gasteiger partial charge in [-0.25, -0.2) is 9.67 Å². The van der Waals surface area contributed by atoms with Gasteiger partial charge in [0.05, 0.1) is 37.0 Å². The predicted molar refractivity (Wildman–Crippen MR) is 160 cm³/mol. The number of fused-ring (bicyclic) bond motifs is 1. The minimum atomic E-state index is -0.555. The summed E-state index contributed by atoms with van der Waals surface area (Å²) in [4.78, 5) is 24.7. The van der Waals surface area contributed by atoms with Gasteiger partial charge in [0.25, 0.3) is 0 Å². The fourth-order valence-corrected chi connectivity index (χ4v) is 4.36. The van der Waals surface area contributed by atoms with Crippen molar-refractivity contribution in [1.82, 2.24) is 24.6 Å². The number of nitrogens with zero attached hydrogens (tertiary/aromatic N) is 6. The van der Waals surface area contributed by atoms with Crippen molar-refractivity contribution in [3.63, 3.8) is 0 Å². The van der Waals surface area contributed by atoms with E-state index >= 15 is 0 Å². The number of carbonyl (C=O) groups excluding carboxylic acids is 1. The Bertz CT molecular complexity index is 1570. The van der Waals surface area contributed by atoms with Crippen molar-refractivity contribution in [1.29, 1.82) is 0 Å². The maximum atomic E-state index is 11.5. The van der Waals surface area contributed by atoms with E-state index < -0.39 is 5.91 Å². The highest BCUT2D eigenvalue weighted by Crippen LogP contribution is 2.36. The number of aromatic nitrogens is 4. The van der Waals surface area contributed by atoms with E-state index in [0.717, 1.165) is 24.3 Å². The minimum Gasteiger partial charge on any atom is -0.494 e. The molecule has 0 aliphatic heterocycles. The van der Waals surface area contributed by atoms with E-state index in [9.17, 15) is 4.79 Å². The summed E-state index contributed by atoms with van der Waals surface area (Å²) in [7, 11) is 9.08. The van der Waals surface area contributed by atoms with E-state index in [1.165, 1.54) is 19.4 Å². The number of nitrogens with one attached hydrogen (secondary N) is 1. The fourth-order valence-electron chi connectivity index (χ4n) is 4.02. The number of anilines is 3. The highest BCUT2D eigenvalue weighted by molar-refractivity contribution is 6.32. The molecule has 2 aromatic carbocycles. The molecule has 0 fully saturated rings. The zero-order valence-electron chi connectivity index (χ0n) is 22.8. The molecule has 0 radical (unpaired) electrons. The van der Waals surface area contributed by atoms with Crippen LogP contribution in [0.4, 0.5) is 17.3 Å². The highest BCUT2D eigenvalue weighted by Gasteiger charge is 2.19. The smallest absolute Gasteiger partial charge is 0.241 e. The number of hydrogen-bond donors (Lipinski definition) is 2. The number of likely N-dealkylation sites (N-methyl/N-ethyl adjacent to an activating group) is 2. The number of benzene rings is 2. The minimum absolute atomic E-state index is 0.243. The lowest BCUT2D eigenvalue weighted by Gasteiger charge is -2.25. The van der Waals surface area contributed by atoms with Crippen LogP contribution in [-0.4, -0.2) is 79.0 Å². The first-order valence-electron chi connectivity index (χ1n) is 12.2. The highest BCUT2D eigenvalue weighted by atomic mass is 35.5. The molecule has 4 rings (SSSR count). The zero-order valence-corrected chi connectivity index (χ0v) is 24.3. The van der Waals surface area contributed by atoms with Crippen molar-refractivity contribution in [3.05, 3.63) is 58.2 Å². The summed E-state index contributed by atoms with van der Waals surface area (Å²) in [5.41, 5.74) is 8.26. The van der Waals surface area contributed by atoms with Gasteiger partial charge in [-0.05, 0) is 44.4 Å². The van der Waals surface area contributed by atoms with Gasteiger partial charge in [-0.15, -0.1) is 5.10 Å². The molecule has 13 heteroatoms. The van der Waals surface area contributed by atoms with E-state index in [2.05, 4.69) is 30.2 Å². The Balaban J connectivity index is 1.76. The van der Waals surface area contributed by atoms with Crippen molar-refractivity contribution in [2.45, 2.75) is 0 Å². The molecule has 0 saturated carbocycles. The second-order valence-electron chi connectivity index (χ2n) is 9.14. The van der Waals surface area contributed by atoms with Crippen LogP contribution in [0.2, 0.25) is 10.0 Å². The maximum Gasteiger partial charge on any atom is 0.241 e. The van der Waals surface area contributed by atoms with Crippen molar-refractivity contribution >= 4 is 63.4 Å². The first-order chi connectivity index (χ1) is 19.1. The molecule has 1 amide bonds. The van der Waals surface area contributed by atoms with Gasteiger partial charge in [0.2, 0.25) is 17.7 Å². The number of amides is 1. The normalized spacial score (nSPS) is 11.4. The lowest BCUT2D eigenvalue weighted by Crippen LogP contribution is -2.29. The fraction of sp³-hybridized carbons (Fsp3) is 0.259. The first kappa shape index (κ1) is 28.9. The van der Waals surface area contributed by atoms with E-state index in [4.69, 9.17) is 38.4 Å². The molecule has 0 aliphatic carbocycles. The lowest BCUT2D eigenvalue weighted by molar-refractivity contribution is -0.113. The van der Waals surface area contributed by atoms with Crippen LogP contribution in [0.15, 0.2) is 42.6 Å². The van der Waals surface area contributed by atoms with Crippen LogP contribution >= 0.6 is 23.2 Å². The van der Waals surface area contributed by atoms with Gasteiger partial charge in [0, 0.05) is 48.6 Å². The number of rotatable bonds is 11. The monoisotopic (exact) mass is 584 g/mol. The Hall–Kier alpha value is -4.06. The van der Waals surface area contributed by atoms with Gasteiger partial charge < -0.3 is 30.3 Å². The van der Waals surface area contributed by atoms with Crippen molar-refractivity contribution in [2.24, 2.45) is 5.73 Å². The van der Waals surface area contributed by atoms with Crippen LogP contribution < -0.4 is 25.4 Å². The average Bonchev–Trinajstić information content (AvgIpc) is 3.28. The molecule has 11 nitrogen and oxygen atoms in total. The molecule has 4 aromatic rings. The molecule has 3 N–H and O–H groups in total. The second kappa shape index (κ2) is 12.4. The van der Waals surface area contributed by atoms with Crippen molar-refractivity contribution < 1.29 is 14.3 Å². The van der Waals surface area contributed by atoms with Gasteiger partial charge in [0.1, 0.15) is 10.8 Å². The number of hydrogen-bond acceptors (Lipinski definition) is 9. The van der Waals surface area contributed by atoms with Crippen LogP contribution in [0.25, 0.3) is 22.8 Å². The number of primary amides is 1. The van der Waals surface area contributed by atoms with Crippen LogP contribution in [0, 0.1) is 0 Å². The quantitative estimate of drug-likeness (QED) is 0.247. The first-order valence-corrected chi connectivity index (χ1v) is 12.9. The lowest BCUT2D eigenvalue weighted by atomic mass is 10.1. The molecular formula is C27H30Cl2N8O3. The van der Waals surface area contributed by atoms with Crippen LogP contribution in [0.5, 0.6) is 11.6 Å². The Morgan fingerprint density at radius 3 is 2.58 bits per heavy atom. The Morgan fingerprint density at radius 2 is 1.90 bits per heavy atom. The van der Waals surface area contributed by atoms with Gasteiger partial charge >= 0.3 is 0 Å². The third kappa shape index (κ3) is 6.39. The van der Waals surface area contributed by atoms with Crippen LogP contribution in [0.3, 0.4) is 0 Å². The topological polar surface area (TPSA) is 124 Å². The van der Waals surface area contributed by atoms with E-state index in [0.29, 0.717) is 39.1 Å². The van der Waals surface area contributed by atoms with E-state index in [1.807, 2.05) is 39.3 Å². The van der Waals surface area contributed by atoms with Crippen molar-refractivity contribution in [3.8, 4) is 17.4 Å². The van der Waals surface area contributed by atoms with Gasteiger partial charge in [-0.3, -0.25) is 4.79 Å². The molecule has 0 atom stereocenters. The largest absolute Gasteiger partial charge is 0.494 e. The second-order valence-corrected chi connectivity index (χ2v) is 9.99. The Kier molecular flexibility index (Phi) is 8.98. The van der Waals surface area contributed by atoms with E-state index in [1.54, 1.807) is 30.0 Å². The predicted octanol–water partition coefficient (Wildman–Crippen LogP) is 4.38. The molecule has 2 heterocycles. The summed E-state index contributed by atoms with van der Waals surface area (Å²) >= 11 is 12.7. The maximum absolute atomic E-state index is 11.5. The number of ether oxygens (including phenoxy) is 2. The number of methoxy groups -OCH3 is 2. The zero-order chi connectivity index (χ0) is 29.0. The number of halogens is 2. The molecule has 40 heavy (non-hydrogen) atoms. The summed E-state index contributed by atoms with van der Waals surface area (Å²) in [6, 6.07) is 9.04. The average molecular weight is 585 g/mol. The Labute approximate surface area is 242 Å². The third-order valence-corrected chi connectivity index (χ3v) is 6.55. The molecule has 0 spiro atoms. The van der Waals surface area contributed by atoms with Gasteiger partial charge in [0.15, 0.2) is 5.82 Å². The standard InChI is InChI=1S/C27H30Cl2N8O3/c1-35(2)10-11-36(3)22-14-23(39-4)20(12-16(22)6-9-24(30)38)32-27-31-15-19(29)25(33-27)37-21-8-7-17(28)13-18(21)26(34-37)40-5/h6-9,12-15H,10-11H2,1-5H3,(H2,30,38)(H,31,32,33). The molecule has 0 saturated heterocycles. The molecule has 2 aromatic heterocycles. The summed E-state index contributed by atoms with van der Waals surface area (Å²) in [5.74, 6) is 0.948. The number of nitrogens with two attached hydrogens (primary N) is 1. The van der Waals surface area contributed by atoms with Crippen molar-refractivity contribution in [2.75, 3.05) is 58.7 Å². The summed E-state index contributed by atoms with van der Waals surface area (Å²) in [5, 5.41) is 9.27. The molecule has 0 bridgehead atoms. The summed E-state index contributed by atoms with van der Waals surface area (Å²) < 4.78 is 12.7. The van der Waals surface area contributed by atoms with E-state index in [-0.39, 0.29) is 11.0 Å². The molecule has 210 valence electrons. The molecule has 0 aliphatic rings. The number of carbonyl (C=O) groups is 1. The molecular weight excluding hydrogens is 555 g/mol. The Morgan fingerprint density at radius 1 is 1.12 bits per heavy atom. The summed E-state index contributed by atoms with van der Waals surface area (Å²) in [6.45, 7) is 1.58.